The summed E-state index contributed by atoms with van der Waals surface area (Å²) in [5.74, 6) is -1.14. The number of benzene rings is 1. The van der Waals surface area contributed by atoms with Crippen LogP contribution in [-0.4, -0.2) is 95.9 Å². The van der Waals surface area contributed by atoms with Crippen LogP contribution in [-0.2, 0) is 48.4 Å². The molecule has 0 spiro atoms. The molecule has 3 aromatic heterocycles. The molecule has 58 heavy (non-hydrogen) atoms. The van der Waals surface area contributed by atoms with E-state index in [2.05, 4.69) is 30.1 Å². The quantitative estimate of drug-likeness (QED) is 0.0476. The number of halogens is 1. The highest BCUT2D eigenvalue weighted by Gasteiger charge is 2.55. The zero-order chi connectivity index (χ0) is 40.9. The molecule has 0 saturated carbocycles. The van der Waals surface area contributed by atoms with E-state index < -0.39 is 40.9 Å². The number of nitrogens with two attached hydrogens (primary N) is 1. The molecule has 0 radical (unpaired) electrons. The number of aromatic nitrogens is 5. The number of methoxy groups -OCH3 is 1. The lowest BCUT2D eigenvalue weighted by Crippen LogP contribution is -3.00. The SMILES string of the molecule is CCO/N=C(\C(=O)NC1C(=O)N2C(C(=O)OCc3ccc(OC)cc3)=C(C[n+]3cccc4c3ncn4C[C@@H](N)CC)CSC12)c1nsc(NC(=O)OC(C)(C)C)n1.[Br-]. The molecule has 5 heterocycles. The first-order valence-corrected chi connectivity index (χ1v) is 20.0. The van der Waals surface area contributed by atoms with Crippen LogP contribution in [0.15, 0.2) is 65.3 Å². The Kier molecular flexibility index (Phi) is 14.5. The van der Waals surface area contributed by atoms with Crippen molar-refractivity contribution < 1.29 is 59.8 Å². The van der Waals surface area contributed by atoms with Gasteiger partial charge in [0.1, 0.15) is 53.7 Å². The molecule has 3 amide bonds. The van der Waals surface area contributed by atoms with Gasteiger partial charge in [-0.25, -0.2) is 14.2 Å². The van der Waals surface area contributed by atoms with Crippen molar-refractivity contribution in [2.75, 3.05) is 24.8 Å². The van der Waals surface area contributed by atoms with Crippen molar-refractivity contribution in [3.63, 3.8) is 0 Å². The predicted molar refractivity (Wildman–Crippen MR) is 211 cm³/mol. The molecule has 1 aromatic carbocycles. The van der Waals surface area contributed by atoms with Gasteiger partial charge in [-0.1, -0.05) is 24.2 Å². The number of rotatable bonds is 15. The monoisotopic (exact) mass is 900 g/mol. The Morgan fingerprint density at radius 3 is 2.60 bits per heavy atom. The van der Waals surface area contributed by atoms with Gasteiger partial charge < -0.3 is 51.6 Å². The number of β-lactam (4-membered cyclic amide) rings is 1. The highest BCUT2D eigenvalue weighted by Crippen LogP contribution is 2.41. The number of imidazole rings is 1. The number of fused-ring (bicyclic) bond motifs is 2. The second-order valence-electron chi connectivity index (χ2n) is 14.1. The van der Waals surface area contributed by atoms with Crippen molar-refractivity contribution in [3.8, 4) is 5.75 Å². The van der Waals surface area contributed by atoms with E-state index >= 15 is 0 Å². The number of anilines is 1. The molecule has 6 rings (SSSR count). The number of carbonyl (C=O) groups is 4. The number of carbonyl (C=O) groups excluding carboxylic acids is 4. The fraction of sp³-hybridized carbons (Fsp3) is 0.432. The lowest BCUT2D eigenvalue weighted by molar-refractivity contribution is -0.664. The molecule has 0 aliphatic carbocycles. The molecule has 3 atom stereocenters. The van der Waals surface area contributed by atoms with Gasteiger partial charge in [0.15, 0.2) is 0 Å². The molecular formula is C37H45BrN10O8S2. The molecule has 2 aliphatic rings. The Hall–Kier alpha value is -5.12. The lowest BCUT2D eigenvalue weighted by Gasteiger charge is -2.49. The van der Waals surface area contributed by atoms with Crippen molar-refractivity contribution in [2.45, 2.75) is 83.8 Å². The number of oxime groups is 1. The van der Waals surface area contributed by atoms with Crippen molar-refractivity contribution in [1.29, 1.82) is 0 Å². The van der Waals surface area contributed by atoms with Gasteiger partial charge in [0.2, 0.25) is 23.0 Å². The number of esters is 1. The van der Waals surface area contributed by atoms with Gasteiger partial charge in [0, 0.05) is 35.4 Å². The summed E-state index contributed by atoms with van der Waals surface area (Å²) >= 11 is 2.20. The van der Waals surface area contributed by atoms with Crippen LogP contribution in [0, 0.1) is 0 Å². The minimum Gasteiger partial charge on any atom is -1.00 e. The van der Waals surface area contributed by atoms with Gasteiger partial charge >= 0.3 is 17.7 Å². The number of nitrogens with one attached hydrogen (secondary N) is 2. The predicted octanol–water partition coefficient (Wildman–Crippen LogP) is 0.110. The molecule has 21 heteroatoms. The van der Waals surface area contributed by atoms with E-state index in [-0.39, 0.29) is 65.1 Å². The molecule has 2 unspecified atom stereocenters. The van der Waals surface area contributed by atoms with Crippen molar-refractivity contribution >= 4 is 69.2 Å². The molecule has 18 nitrogen and oxygen atoms in total. The first-order valence-electron chi connectivity index (χ1n) is 18.2. The summed E-state index contributed by atoms with van der Waals surface area (Å²) < 4.78 is 24.4. The molecule has 4 N–H and O–H groups in total. The second-order valence-corrected chi connectivity index (χ2v) is 15.9. The third-order valence-corrected chi connectivity index (χ3v) is 10.7. The first-order chi connectivity index (χ1) is 27.3. The van der Waals surface area contributed by atoms with Crippen LogP contribution in [0.1, 0.15) is 52.4 Å². The summed E-state index contributed by atoms with van der Waals surface area (Å²) in [6, 6.07) is 9.88. The highest BCUT2D eigenvalue weighted by molar-refractivity contribution is 8.00. The fourth-order valence-corrected chi connectivity index (χ4v) is 7.85. The molecular weight excluding hydrogens is 857 g/mol. The zero-order valence-electron chi connectivity index (χ0n) is 32.8. The van der Waals surface area contributed by atoms with Gasteiger partial charge in [-0.3, -0.25) is 19.8 Å². The number of ether oxygens (including phenoxy) is 3. The van der Waals surface area contributed by atoms with Crippen LogP contribution < -0.4 is 42.7 Å². The van der Waals surface area contributed by atoms with E-state index in [1.165, 1.54) is 16.7 Å². The Labute approximate surface area is 353 Å². The fourth-order valence-electron chi connectivity index (χ4n) is 5.96. The van der Waals surface area contributed by atoms with Crippen LogP contribution >= 0.6 is 23.3 Å². The Bertz CT molecular complexity index is 2200. The van der Waals surface area contributed by atoms with Crippen LogP contribution in [0.5, 0.6) is 5.75 Å². The molecule has 0 bridgehead atoms. The third-order valence-electron chi connectivity index (χ3n) is 8.77. The van der Waals surface area contributed by atoms with Gasteiger partial charge in [0.25, 0.3) is 11.8 Å². The Morgan fingerprint density at radius 2 is 1.91 bits per heavy atom. The minimum absolute atomic E-state index is 0. The number of hydrogen-bond acceptors (Lipinski definition) is 15. The van der Waals surface area contributed by atoms with Gasteiger partial charge in [-0.2, -0.15) is 9.36 Å². The van der Waals surface area contributed by atoms with Crippen molar-refractivity contribution in [1.82, 2.24) is 29.1 Å². The van der Waals surface area contributed by atoms with Gasteiger partial charge in [0.05, 0.1) is 13.3 Å². The average Bonchev–Trinajstić information content (AvgIpc) is 3.82. The van der Waals surface area contributed by atoms with Crippen LogP contribution in [0.2, 0.25) is 0 Å². The van der Waals surface area contributed by atoms with E-state index in [0.717, 1.165) is 29.0 Å². The molecule has 2 aliphatic heterocycles. The number of hydrogen-bond donors (Lipinski definition) is 3. The zero-order valence-corrected chi connectivity index (χ0v) is 36.0. The molecule has 1 saturated heterocycles. The number of pyridine rings is 1. The molecule has 310 valence electrons. The summed E-state index contributed by atoms with van der Waals surface area (Å²) in [5, 5.41) is 8.55. The molecule has 4 aromatic rings. The number of thioether (sulfide) groups is 1. The maximum atomic E-state index is 14.0. The van der Waals surface area contributed by atoms with E-state index in [4.69, 9.17) is 24.8 Å². The van der Waals surface area contributed by atoms with Crippen LogP contribution in [0.4, 0.5) is 9.93 Å². The average molecular weight is 902 g/mol. The van der Waals surface area contributed by atoms with E-state index in [9.17, 15) is 19.2 Å². The summed E-state index contributed by atoms with van der Waals surface area (Å²) in [4.78, 5) is 69.5. The normalized spacial score (nSPS) is 17.1. The summed E-state index contributed by atoms with van der Waals surface area (Å²) in [6.45, 7) is 9.78. The maximum absolute atomic E-state index is 14.0. The highest BCUT2D eigenvalue weighted by atomic mass is 79.9. The Balaban J connectivity index is 0.00000641. The van der Waals surface area contributed by atoms with E-state index in [0.29, 0.717) is 29.3 Å². The van der Waals surface area contributed by atoms with Crippen LogP contribution in [0.25, 0.3) is 11.2 Å². The van der Waals surface area contributed by atoms with Crippen molar-refractivity contribution in [2.24, 2.45) is 10.9 Å². The first kappa shape index (κ1) is 44.0. The standard InChI is InChI=1S/C37H44N10O8S2.BrH/c1-7-23(38)17-46-20-39-30-25(46)10-9-15-45(30)16-22-19-56-33-27(32(49)47(33)28(22)34(50)53-18-21-11-13-24(52-6)14-12-21)40-31(48)26(43-54-8-2)29-41-35(57-44-29)42-36(51)55-37(3,4)5;/h9-15,20,23,27,33H,7-8,16-19,38H2,1-6H3,(H-,40,41,42,44,48,51);1H/b43-26-;/t23-,27?,33?;/m0./s1. The minimum atomic E-state index is -1.03. The Morgan fingerprint density at radius 1 is 1.16 bits per heavy atom. The topological polar surface area (TPSA) is 218 Å². The molecule has 1 fully saturated rings. The maximum Gasteiger partial charge on any atom is 0.414 e. The summed E-state index contributed by atoms with van der Waals surface area (Å²) in [6.07, 6.45) is 3.67. The third kappa shape index (κ3) is 10.1. The summed E-state index contributed by atoms with van der Waals surface area (Å²) in [7, 11) is 1.56. The number of nitrogens with zero attached hydrogens (tertiary/aromatic N) is 7. The van der Waals surface area contributed by atoms with Crippen molar-refractivity contribution in [3.05, 3.63) is 71.6 Å². The van der Waals surface area contributed by atoms with Crippen LogP contribution in [0.3, 0.4) is 0 Å². The smallest absolute Gasteiger partial charge is 0.414 e. The van der Waals surface area contributed by atoms with Gasteiger partial charge in [-0.05, 0) is 68.9 Å². The van der Waals surface area contributed by atoms with E-state index in [1.807, 2.05) is 34.4 Å². The van der Waals surface area contributed by atoms with Gasteiger partial charge in [-0.15, -0.1) is 11.8 Å². The largest absolute Gasteiger partial charge is 1.00 e. The number of amides is 3. The lowest BCUT2D eigenvalue weighted by atomic mass is 10.0. The second kappa shape index (κ2) is 19.1. The summed E-state index contributed by atoms with van der Waals surface area (Å²) in [5.41, 5.74) is 8.22. The van der Waals surface area contributed by atoms with E-state index in [1.54, 1.807) is 65.4 Å².